The summed E-state index contributed by atoms with van der Waals surface area (Å²) in [5.41, 5.74) is 0.679. The van der Waals surface area contributed by atoms with E-state index in [1.54, 1.807) is 12.1 Å². The lowest BCUT2D eigenvalue weighted by Crippen LogP contribution is -2.18. The number of carbonyl (C=O) groups is 1. The van der Waals surface area contributed by atoms with Gasteiger partial charge < -0.3 is 10.1 Å². The van der Waals surface area contributed by atoms with Crippen molar-refractivity contribution in [2.24, 2.45) is 4.99 Å². The first-order valence-electron chi connectivity index (χ1n) is 6.16. The van der Waals surface area contributed by atoms with Gasteiger partial charge in [0.05, 0.1) is 6.61 Å². The van der Waals surface area contributed by atoms with Crippen molar-refractivity contribution in [1.29, 1.82) is 0 Å². The molecule has 0 aliphatic rings. The van der Waals surface area contributed by atoms with E-state index >= 15 is 0 Å². The lowest BCUT2D eigenvalue weighted by Gasteiger charge is -2.07. The van der Waals surface area contributed by atoms with Crippen molar-refractivity contribution in [3.8, 4) is 0 Å². The zero-order valence-corrected chi connectivity index (χ0v) is 11.1. The zero-order valence-electron chi connectivity index (χ0n) is 11.1. The van der Waals surface area contributed by atoms with Gasteiger partial charge in [-0.2, -0.15) is 10.1 Å². The molecule has 0 unspecified atom stereocenters. The Hall–Kier alpha value is -2.70. The summed E-state index contributed by atoms with van der Waals surface area (Å²) >= 11 is 0. The summed E-state index contributed by atoms with van der Waals surface area (Å²) in [6, 6.07) is 8.61. The zero-order chi connectivity index (χ0) is 14.2. The van der Waals surface area contributed by atoms with E-state index in [9.17, 15) is 4.79 Å². The lowest BCUT2D eigenvalue weighted by atomic mass is 10.3. The molecule has 1 N–H and O–H groups in total. The number of urea groups is 1. The van der Waals surface area contributed by atoms with E-state index in [4.69, 9.17) is 4.74 Å². The summed E-state index contributed by atoms with van der Waals surface area (Å²) < 4.78 is 6.86. The topological polar surface area (TPSA) is 81.4 Å². The molecule has 2 rings (SSSR count). The Labute approximate surface area is 116 Å². The monoisotopic (exact) mass is 273 g/mol. The largest absolute Gasteiger partial charge is 0.480 e. The van der Waals surface area contributed by atoms with Crippen LogP contribution in [0.25, 0.3) is 0 Å². The minimum absolute atomic E-state index is 0.260. The third kappa shape index (κ3) is 4.20. The second kappa shape index (κ2) is 7.03. The number of carbonyl (C=O) groups excluding carboxylic acids is 1. The van der Waals surface area contributed by atoms with Crippen LogP contribution in [0.2, 0.25) is 0 Å². The summed E-state index contributed by atoms with van der Waals surface area (Å²) in [6.07, 6.45) is 2.94. The first kappa shape index (κ1) is 13.7. The Bertz CT molecular complexity index is 566. The van der Waals surface area contributed by atoms with E-state index in [0.29, 0.717) is 12.3 Å². The smallest absolute Gasteiger partial charge is 0.348 e. The van der Waals surface area contributed by atoms with Gasteiger partial charge in [-0.05, 0) is 19.1 Å². The molecule has 0 fully saturated rings. The molecule has 0 saturated heterocycles. The highest BCUT2D eigenvalue weighted by molar-refractivity contribution is 5.97. The molecule has 1 heterocycles. The number of hydrogen-bond donors (Lipinski definition) is 1. The van der Waals surface area contributed by atoms with Gasteiger partial charge >= 0.3 is 6.03 Å². The maximum atomic E-state index is 11.8. The second-order valence-corrected chi connectivity index (χ2v) is 3.83. The predicted molar refractivity (Wildman–Crippen MR) is 74.5 cm³/mol. The molecule has 104 valence electrons. The van der Waals surface area contributed by atoms with Gasteiger partial charge in [0.2, 0.25) is 5.90 Å². The van der Waals surface area contributed by atoms with Crippen molar-refractivity contribution in [3.63, 3.8) is 0 Å². The fraction of sp³-hybridized carbons (Fsp3) is 0.231. The van der Waals surface area contributed by atoms with Crippen LogP contribution in [-0.4, -0.2) is 33.3 Å². The van der Waals surface area contributed by atoms with Crippen LogP contribution in [0.15, 0.2) is 48.0 Å². The van der Waals surface area contributed by atoms with E-state index in [1.807, 2.05) is 25.1 Å². The van der Waals surface area contributed by atoms with E-state index in [0.717, 1.165) is 0 Å². The maximum Gasteiger partial charge on any atom is 0.348 e. The van der Waals surface area contributed by atoms with E-state index < -0.39 is 6.03 Å². The number of nitrogens with zero attached hydrogens (tertiary/aromatic N) is 4. The van der Waals surface area contributed by atoms with Gasteiger partial charge in [-0.15, -0.1) is 0 Å². The molecule has 2 amide bonds. The lowest BCUT2D eigenvalue weighted by molar-refractivity contribution is 0.257. The molecule has 0 saturated carbocycles. The van der Waals surface area contributed by atoms with Gasteiger partial charge in [-0.3, -0.25) is 0 Å². The molecule has 0 spiro atoms. The summed E-state index contributed by atoms with van der Waals surface area (Å²) in [6.45, 7) is 2.51. The SMILES string of the molecule is CCO/C(Cn1cncn1)=N/C(=O)Nc1ccccc1. The molecule has 2 aromatic rings. The Kier molecular flexibility index (Phi) is 4.82. The molecule has 1 aromatic heterocycles. The number of nitrogens with one attached hydrogen (secondary N) is 1. The van der Waals surface area contributed by atoms with Crippen molar-refractivity contribution in [3.05, 3.63) is 43.0 Å². The first-order valence-corrected chi connectivity index (χ1v) is 6.16. The molecule has 0 radical (unpaired) electrons. The number of aromatic nitrogens is 3. The van der Waals surface area contributed by atoms with Crippen LogP contribution in [0, 0.1) is 0 Å². The fourth-order valence-electron chi connectivity index (χ4n) is 1.52. The van der Waals surface area contributed by atoms with Crippen LogP contribution in [-0.2, 0) is 11.3 Å². The molecule has 1 aromatic carbocycles. The van der Waals surface area contributed by atoms with Crippen molar-refractivity contribution in [1.82, 2.24) is 14.8 Å². The van der Waals surface area contributed by atoms with Crippen molar-refractivity contribution < 1.29 is 9.53 Å². The Balaban J connectivity index is 2.02. The summed E-state index contributed by atoms with van der Waals surface area (Å²) in [5, 5.41) is 6.60. The van der Waals surface area contributed by atoms with Gasteiger partial charge in [0.25, 0.3) is 0 Å². The molecule has 0 aliphatic carbocycles. The van der Waals surface area contributed by atoms with Crippen molar-refractivity contribution in [2.45, 2.75) is 13.5 Å². The Morgan fingerprint density at radius 2 is 2.20 bits per heavy atom. The first-order chi connectivity index (χ1) is 9.78. The number of ether oxygens (including phenoxy) is 1. The number of hydrogen-bond acceptors (Lipinski definition) is 4. The quantitative estimate of drug-likeness (QED) is 0.682. The van der Waals surface area contributed by atoms with Gasteiger partial charge in [0.1, 0.15) is 19.2 Å². The number of aliphatic imine (C=N–C) groups is 1. The number of anilines is 1. The van der Waals surface area contributed by atoms with Crippen LogP contribution in [0.3, 0.4) is 0 Å². The molecule has 7 nitrogen and oxygen atoms in total. The van der Waals surface area contributed by atoms with E-state index in [-0.39, 0.29) is 12.4 Å². The Morgan fingerprint density at radius 1 is 1.40 bits per heavy atom. The summed E-state index contributed by atoms with van der Waals surface area (Å²) in [7, 11) is 0. The molecule has 7 heteroatoms. The standard InChI is InChI=1S/C13H15N5O2/c1-2-20-12(8-18-10-14-9-15-18)17-13(19)16-11-6-4-3-5-7-11/h3-7,9-10H,2,8H2,1H3,(H,16,19)/b17-12+. The van der Waals surface area contributed by atoms with E-state index in [1.165, 1.54) is 17.3 Å². The van der Waals surface area contributed by atoms with E-state index in [2.05, 4.69) is 20.4 Å². The second-order valence-electron chi connectivity index (χ2n) is 3.83. The summed E-state index contributed by atoms with van der Waals surface area (Å²) in [5.74, 6) is 0.284. The molecule has 0 bridgehead atoms. The van der Waals surface area contributed by atoms with Gasteiger partial charge in [0, 0.05) is 5.69 Å². The van der Waals surface area contributed by atoms with Crippen molar-refractivity contribution in [2.75, 3.05) is 11.9 Å². The Morgan fingerprint density at radius 3 is 2.85 bits per heavy atom. The predicted octanol–water partition coefficient (Wildman–Crippen LogP) is 1.95. The average molecular weight is 273 g/mol. The highest BCUT2D eigenvalue weighted by Gasteiger charge is 2.06. The highest BCUT2D eigenvalue weighted by atomic mass is 16.5. The third-order valence-corrected chi connectivity index (χ3v) is 2.33. The van der Waals surface area contributed by atoms with Crippen molar-refractivity contribution >= 4 is 17.6 Å². The average Bonchev–Trinajstić information content (AvgIpc) is 2.93. The highest BCUT2D eigenvalue weighted by Crippen LogP contribution is 2.05. The maximum absolute atomic E-state index is 11.8. The van der Waals surface area contributed by atoms with Gasteiger partial charge in [-0.25, -0.2) is 14.5 Å². The number of benzene rings is 1. The van der Waals surface area contributed by atoms with Gasteiger partial charge in [-0.1, -0.05) is 18.2 Å². The normalized spacial score (nSPS) is 11.2. The molecule has 20 heavy (non-hydrogen) atoms. The van der Waals surface area contributed by atoms with Crippen LogP contribution < -0.4 is 5.32 Å². The molecular weight excluding hydrogens is 258 g/mol. The number of para-hydroxylation sites is 1. The minimum atomic E-state index is -0.486. The number of rotatable bonds is 4. The molecule has 0 aliphatic heterocycles. The molecule has 0 atom stereocenters. The third-order valence-electron chi connectivity index (χ3n) is 2.33. The fourth-order valence-corrected chi connectivity index (χ4v) is 1.52. The molecular formula is C13H15N5O2. The summed E-state index contributed by atoms with van der Waals surface area (Å²) in [4.78, 5) is 19.5. The van der Waals surface area contributed by atoms with Crippen LogP contribution >= 0.6 is 0 Å². The van der Waals surface area contributed by atoms with Gasteiger partial charge in [0.15, 0.2) is 0 Å². The number of amides is 2. The van der Waals surface area contributed by atoms with Crippen LogP contribution in [0.1, 0.15) is 6.92 Å². The van der Waals surface area contributed by atoms with Crippen LogP contribution in [0.5, 0.6) is 0 Å². The minimum Gasteiger partial charge on any atom is -0.480 e. The van der Waals surface area contributed by atoms with Crippen LogP contribution in [0.4, 0.5) is 10.5 Å².